The molecule has 1 fully saturated rings. The molecule has 0 radical (unpaired) electrons. The molecule has 0 aromatic heterocycles. The van der Waals surface area contributed by atoms with Crippen molar-refractivity contribution in [3.05, 3.63) is 0 Å². The maximum Gasteiger partial charge on any atom is 0.314 e. The number of rotatable bonds is 3. The number of carbonyl (C=O) groups excluding carboxylic acids is 1. The summed E-state index contributed by atoms with van der Waals surface area (Å²) in [5, 5.41) is 5.26. The van der Waals surface area contributed by atoms with Gasteiger partial charge in [-0.25, -0.2) is 4.79 Å². The fourth-order valence-corrected chi connectivity index (χ4v) is 1.47. The first kappa shape index (κ1) is 10.3. The average Bonchev–Trinajstić information content (AvgIpc) is 2.19. The monoisotopic (exact) mass is 186 g/mol. The molecule has 0 bridgehead atoms. The maximum atomic E-state index is 10.8. The van der Waals surface area contributed by atoms with Crippen molar-refractivity contribution in [1.82, 2.24) is 10.6 Å². The summed E-state index contributed by atoms with van der Waals surface area (Å²) in [5.74, 6) is 0. The van der Waals surface area contributed by atoms with E-state index in [0.29, 0.717) is 12.6 Å². The quantitative estimate of drug-likeness (QED) is 0.687. The van der Waals surface area contributed by atoms with E-state index in [1.807, 2.05) is 0 Å². The first-order valence-electron chi connectivity index (χ1n) is 4.90. The lowest BCUT2D eigenvalue weighted by Gasteiger charge is -2.22. The molecule has 0 saturated carbocycles. The van der Waals surface area contributed by atoms with Crippen LogP contribution in [0.3, 0.4) is 0 Å². The Morgan fingerprint density at radius 3 is 3.00 bits per heavy atom. The van der Waals surface area contributed by atoms with Crippen molar-refractivity contribution in [3.8, 4) is 0 Å². The molecule has 1 aliphatic rings. The molecule has 0 aromatic carbocycles. The van der Waals surface area contributed by atoms with Gasteiger partial charge in [0.25, 0.3) is 0 Å². The number of hydrogen-bond acceptors (Lipinski definition) is 2. The molecule has 1 saturated heterocycles. The number of urea groups is 1. The fourth-order valence-electron chi connectivity index (χ4n) is 1.47. The Balaban J connectivity index is 2.01. The van der Waals surface area contributed by atoms with Crippen LogP contribution in [0.15, 0.2) is 0 Å². The molecule has 1 rings (SSSR count). The predicted molar refractivity (Wildman–Crippen MR) is 50.7 cm³/mol. The molecule has 2 N–H and O–H groups in total. The van der Waals surface area contributed by atoms with E-state index >= 15 is 0 Å². The van der Waals surface area contributed by atoms with Gasteiger partial charge in [-0.3, -0.25) is 0 Å². The van der Waals surface area contributed by atoms with Gasteiger partial charge in [0.2, 0.25) is 0 Å². The van der Waals surface area contributed by atoms with Crippen LogP contribution < -0.4 is 10.6 Å². The zero-order chi connectivity index (χ0) is 9.52. The Morgan fingerprint density at radius 2 is 2.38 bits per heavy atom. The van der Waals surface area contributed by atoms with Crippen LogP contribution in [-0.2, 0) is 4.74 Å². The zero-order valence-electron chi connectivity index (χ0n) is 8.14. The Hall–Kier alpha value is -0.770. The summed E-state index contributed by atoms with van der Waals surface area (Å²) >= 11 is 0. The van der Waals surface area contributed by atoms with Gasteiger partial charge in [-0.15, -0.1) is 0 Å². The van der Waals surface area contributed by atoms with E-state index < -0.39 is 0 Å². The van der Waals surface area contributed by atoms with E-state index in [-0.39, 0.29) is 6.03 Å². The second-order valence-electron chi connectivity index (χ2n) is 3.28. The molecular formula is C9H18N2O2. The van der Waals surface area contributed by atoms with E-state index in [1.54, 1.807) is 7.05 Å². The van der Waals surface area contributed by atoms with E-state index in [0.717, 1.165) is 19.4 Å². The van der Waals surface area contributed by atoms with Crippen LogP contribution in [0.1, 0.15) is 25.7 Å². The van der Waals surface area contributed by atoms with Crippen molar-refractivity contribution < 1.29 is 9.53 Å². The standard InChI is InChI=1S/C9H18N2O2/c1-10-9(12)11-6-5-8-4-2-3-7-13-8/h8H,2-7H2,1H3,(H2,10,11,12). The molecular weight excluding hydrogens is 168 g/mol. The smallest absolute Gasteiger partial charge is 0.314 e. The second-order valence-corrected chi connectivity index (χ2v) is 3.28. The van der Waals surface area contributed by atoms with Crippen molar-refractivity contribution in [2.24, 2.45) is 0 Å². The van der Waals surface area contributed by atoms with Crippen LogP contribution in [0.25, 0.3) is 0 Å². The van der Waals surface area contributed by atoms with Gasteiger partial charge in [0.1, 0.15) is 0 Å². The predicted octanol–water partition coefficient (Wildman–Crippen LogP) is 0.875. The van der Waals surface area contributed by atoms with E-state index in [9.17, 15) is 4.79 Å². The van der Waals surface area contributed by atoms with Gasteiger partial charge >= 0.3 is 6.03 Å². The van der Waals surface area contributed by atoms with Crippen LogP contribution in [0.5, 0.6) is 0 Å². The molecule has 0 spiro atoms. The molecule has 4 nitrogen and oxygen atoms in total. The van der Waals surface area contributed by atoms with Gasteiger partial charge in [-0.2, -0.15) is 0 Å². The lowest BCUT2D eigenvalue weighted by atomic mass is 10.1. The van der Waals surface area contributed by atoms with E-state index in [1.165, 1.54) is 12.8 Å². The topological polar surface area (TPSA) is 50.4 Å². The minimum atomic E-state index is -0.115. The number of nitrogens with one attached hydrogen (secondary N) is 2. The van der Waals surface area contributed by atoms with Gasteiger partial charge in [0.15, 0.2) is 0 Å². The van der Waals surface area contributed by atoms with Crippen molar-refractivity contribution >= 4 is 6.03 Å². The molecule has 76 valence electrons. The summed E-state index contributed by atoms with van der Waals surface area (Å²) in [6, 6.07) is -0.115. The third-order valence-electron chi connectivity index (χ3n) is 2.25. The summed E-state index contributed by atoms with van der Waals surface area (Å²) in [6.07, 6.45) is 4.85. The Labute approximate surface area is 79.0 Å². The van der Waals surface area contributed by atoms with Crippen LogP contribution >= 0.6 is 0 Å². The molecule has 1 heterocycles. The summed E-state index contributed by atoms with van der Waals surface area (Å²) in [6.45, 7) is 1.58. The first-order valence-corrected chi connectivity index (χ1v) is 4.90. The third kappa shape index (κ3) is 4.12. The highest BCUT2D eigenvalue weighted by atomic mass is 16.5. The normalized spacial score (nSPS) is 22.4. The minimum absolute atomic E-state index is 0.115. The van der Waals surface area contributed by atoms with E-state index in [2.05, 4.69) is 10.6 Å². The highest BCUT2D eigenvalue weighted by Crippen LogP contribution is 2.14. The molecule has 13 heavy (non-hydrogen) atoms. The SMILES string of the molecule is CNC(=O)NCCC1CCCCO1. The molecule has 2 amide bonds. The van der Waals surface area contributed by atoms with Gasteiger partial charge in [-0.05, 0) is 25.7 Å². The van der Waals surface area contributed by atoms with Crippen LogP contribution in [-0.4, -0.2) is 32.3 Å². The molecule has 4 heteroatoms. The number of hydrogen-bond donors (Lipinski definition) is 2. The van der Waals surface area contributed by atoms with Gasteiger partial charge in [0, 0.05) is 20.2 Å². The number of ether oxygens (including phenoxy) is 1. The van der Waals surface area contributed by atoms with Crippen molar-refractivity contribution in [2.45, 2.75) is 31.8 Å². The van der Waals surface area contributed by atoms with Crippen molar-refractivity contribution in [1.29, 1.82) is 0 Å². The highest BCUT2D eigenvalue weighted by molar-refractivity contribution is 5.73. The van der Waals surface area contributed by atoms with Gasteiger partial charge in [0.05, 0.1) is 6.10 Å². The Kier molecular flexibility index (Phi) is 4.60. The second kappa shape index (κ2) is 5.80. The van der Waals surface area contributed by atoms with Gasteiger partial charge in [-0.1, -0.05) is 0 Å². The Morgan fingerprint density at radius 1 is 1.54 bits per heavy atom. The highest BCUT2D eigenvalue weighted by Gasteiger charge is 2.13. The summed E-state index contributed by atoms with van der Waals surface area (Å²) in [7, 11) is 1.62. The van der Waals surface area contributed by atoms with Gasteiger partial charge < -0.3 is 15.4 Å². The van der Waals surface area contributed by atoms with Crippen LogP contribution in [0.4, 0.5) is 4.79 Å². The Bertz CT molecular complexity index is 156. The van der Waals surface area contributed by atoms with E-state index in [4.69, 9.17) is 4.74 Å². The third-order valence-corrected chi connectivity index (χ3v) is 2.25. The fraction of sp³-hybridized carbons (Fsp3) is 0.889. The molecule has 1 atom stereocenters. The summed E-state index contributed by atoms with van der Waals surface area (Å²) in [4.78, 5) is 10.8. The van der Waals surface area contributed by atoms with Crippen LogP contribution in [0.2, 0.25) is 0 Å². The molecule has 1 unspecified atom stereocenters. The molecule has 1 aliphatic heterocycles. The van der Waals surface area contributed by atoms with Crippen LogP contribution in [0, 0.1) is 0 Å². The molecule has 0 aromatic rings. The maximum absolute atomic E-state index is 10.8. The molecule has 0 aliphatic carbocycles. The zero-order valence-corrected chi connectivity index (χ0v) is 8.14. The summed E-state index contributed by atoms with van der Waals surface area (Å²) < 4.78 is 5.52. The largest absolute Gasteiger partial charge is 0.378 e. The number of carbonyl (C=O) groups is 1. The lowest BCUT2D eigenvalue weighted by Crippen LogP contribution is -2.35. The average molecular weight is 186 g/mol. The first-order chi connectivity index (χ1) is 6.33. The summed E-state index contributed by atoms with van der Waals surface area (Å²) in [5.41, 5.74) is 0. The number of amides is 2. The van der Waals surface area contributed by atoms with Crippen molar-refractivity contribution in [2.75, 3.05) is 20.2 Å². The lowest BCUT2D eigenvalue weighted by molar-refractivity contribution is 0.0120. The minimum Gasteiger partial charge on any atom is -0.378 e. The van der Waals surface area contributed by atoms with Crippen molar-refractivity contribution in [3.63, 3.8) is 0 Å².